The van der Waals surface area contributed by atoms with E-state index in [1.807, 2.05) is 0 Å². The van der Waals surface area contributed by atoms with E-state index in [9.17, 15) is 0 Å². The Morgan fingerprint density at radius 1 is 1.12 bits per heavy atom. The van der Waals surface area contributed by atoms with Crippen molar-refractivity contribution >= 4 is 0 Å². The van der Waals surface area contributed by atoms with Crippen LogP contribution in [0.2, 0.25) is 0 Å². The van der Waals surface area contributed by atoms with Gasteiger partial charge < -0.3 is 15.8 Å². The molecule has 1 unspecified atom stereocenters. The Kier molecular flexibility index (Phi) is 4.62. The highest BCUT2D eigenvalue weighted by atomic mass is 16.5. The predicted octanol–water partition coefficient (Wildman–Crippen LogP) is 1.81. The molecule has 16 heavy (non-hydrogen) atoms. The minimum Gasteiger partial charge on any atom is -0.377 e. The Labute approximate surface area is 99.1 Å². The van der Waals surface area contributed by atoms with Gasteiger partial charge in [-0.15, -0.1) is 0 Å². The molecule has 2 fully saturated rings. The molecule has 0 amide bonds. The van der Waals surface area contributed by atoms with E-state index < -0.39 is 0 Å². The maximum absolute atomic E-state index is 6.37. The van der Waals surface area contributed by atoms with Crippen molar-refractivity contribution < 1.29 is 4.74 Å². The summed E-state index contributed by atoms with van der Waals surface area (Å²) < 4.78 is 5.70. The monoisotopic (exact) mass is 226 g/mol. The summed E-state index contributed by atoms with van der Waals surface area (Å²) in [6.45, 7) is 2.89. The SMILES string of the molecule is NC1(CNCC2CCCCO2)CCCCC1. The Morgan fingerprint density at radius 3 is 2.62 bits per heavy atom. The molecule has 0 aromatic carbocycles. The second kappa shape index (κ2) is 5.99. The standard InChI is InChI=1S/C13H26N2O/c14-13(7-3-1-4-8-13)11-15-10-12-6-2-5-9-16-12/h12,15H,1-11,14H2. The van der Waals surface area contributed by atoms with Crippen LogP contribution in [0.25, 0.3) is 0 Å². The lowest BCUT2D eigenvalue weighted by molar-refractivity contribution is 0.0160. The summed E-state index contributed by atoms with van der Waals surface area (Å²) in [6, 6.07) is 0. The molecule has 3 nitrogen and oxygen atoms in total. The maximum Gasteiger partial charge on any atom is 0.0699 e. The van der Waals surface area contributed by atoms with Gasteiger partial charge in [0.25, 0.3) is 0 Å². The third kappa shape index (κ3) is 3.72. The summed E-state index contributed by atoms with van der Waals surface area (Å²) in [5.41, 5.74) is 6.43. The fourth-order valence-electron chi connectivity index (χ4n) is 2.88. The molecule has 0 spiro atoms. The molecule has 1 heterocycles. The number of rotatable bonds is 4. The van der Waals surface area contributed by atoms with Gasteiger partial charge in [-0.25, -0.2) is 0 Å². The lowest BCUT2D eigenvalue weighted by atomic mass is 9.82. The van der Waals surface area contributed by atoms with Gasteiger partial charge in [0, 0.05) is 25.2 Å². The summed E-state index contributed by atoms with van der Waals surface area (Å²) >= 11 is 0. The smallest absolute Gasteiger partial charge is 0.0699 e. The minimum absolute atomic E-state index is 0.0624. The molecule has 1 aliphatic heterocycles. The van der Waals surface area contributed by atoms with Crippen LogP contribution in [0.1, 0.15) is 51.4 Å². The molecule has 1 saturated heterocycles. The summed E-state index contributed by atoms with van der Waals surface area (Å²) in [7, 11) is 0. The summed E-state index contributed by atoms with van der Waals surface area (Å²) in [4.78, 5) is 0. The highest BCUT2D eigenvalue weighted by Crippen LogP contribution is 2.25. The van der Waals surface area contributed by atoms with Crippen molar-refractivity contribution in [1.82, 2.24) is 5.32 Å². The second-order valence-electron chi connectivity index (χ2n) is 5.54. The van der Waals surface area contributed by atoms with E-state index in [1.54, 1.807) is 0 Å². The first-order valence-electron chi connectivity index (χ1n) is 6.90. The molecule has 94 valence electrons. The van der Waals surface area contributed by atoms with E-state index in [-0.39, 0.29) is 5.54 Å². The number of nitrogens with two attached hydrogens (primary N) is 1. The maximum atomic E-state index is 6.37. The molecule has 1 aliphatic carbocycles. The summed E-state index contributed by atoms with van der Waals surface area (Å²) in [5, 5.41) is 3.52. The van der Waals surface area contributed by atoms with Gasteiger partial charge in [-0.2, -0.15) is 0 Å². The topological polar surface area (TPSA) is 47.3 Å². The molecule has 3 heteroatoms. The fraction of sp³-hybridized carbons (Fsp3) is 1.00. The third-order valence-corrected chi connectivity index (χ3v) is 3.97. The quantitative estimate of drug-likeness (QED) is 0.768. The lowest BCUT2D eigenvalue weighted by Crippen LogP contribution is -2.51. The van der Waals surface area contributed by atoms with Crippen LogP contribution in [0.4, 0.5) is 0 Å². The zero-order valence-electron chi connectivity index (χ0n) is 10.3. The Bertz CT molecular complexity index is 196. The molecule has 2 aliphatic rings. The van der Waals surface area contributed by atoms with Crippen LogP contribution in [0.3, 0.4) is 0 Å². The van der Waals surface area contributed by atoms with Crippen molar-refractivity contribution in [2.45, 2.75) is 63.0 Å². The van der Waals surface area contributed by atoms with Crippen LogP contribution < -0.4 is 11.1 Å². The highest BCUT2D eigenvalue weighted by Gasteiger charge is 2.27. The molecular formula is C13H26N2O. The van der Waals surface area contributed by atoms with Crippen LogP contribution in [0, 0.1) is 0 Å². The Morgan fingerprint density at radius 2 is 1.94 bits per heavy atom. The van der Waals surface area contributed by atoms with Crippen LogP contribution >= 0.6 is 0 Å². The van der Waals surface area contributed by atoms with Crippen LogP contribution in [0.5, 0.6) is 0 Å². The number of ether oxygens (including phenoxy) is 1. The number of hydrogen-bond donors (Lipinski definition) is 2. The zero-order chi connectivity index (χ0) is 11.3. The fourth-order valence-corrected chi connectivity index (χ4v) is 2.88. The van der Waals surface area contributed by atoms with Gasteiger partial charge >= 0.3 is 0 Å². The average Bonchev–Trinajstić information content (AvgIpc) is 2.31. The molecule has 0 aromatic heterocycles. The lowest BCUT2D eigenvalue weighted by Gasteiger charge is -2.34. The zero-order valence-corrected chi connectivity index (χ0v) is 10.3. The van der Waals surface area contributed by atoms with E-state index in [0.717, 1.165) is 19.7 Å². The van der Waals surface area contributed by atoms with Crippen molar-refractivity contribution in [3.05, 3.63) is 0 Å². The highest BCUT2D eigenvalue weighted by molar-refractivity contribution is 4.89. The van der Waals surface area contributed by atoms with E-state index in [0.29, 0.717) is 6.10 Å². The van der Waals surface area contributed by atoms with Gasteiger partial charge in [0.2, 0.25) is 0 Å². The van der Waals surface area contributed by atoms with Gasteiger partial charge in [-0.05, 0) is 32.1 Å². The molecule has 0 radical (unpaired) electrons. The van der Waals surface area contributed by atoms with Crippen molar-refractivity contribution in [3.63, 3.8) is 0 Å². The van der Waals surface area contributed by atoms with E-state index in [4.69, 9.17) is 10.5 Å². The average molecular weight is 226 g/mol. The Hall–Kier alpha value is -0.120. The van der Waals surface area contributed by atoms with Crippen molar-refractivity contribution in [2.75, 3.05) is 19.7 Å². The van der Waals surface area contributed by atoms with Crippen LogP contribution in [0.15, 0.2) is 0 Å². The van der Waals surface area contributed by atoms with Gasteiger partial charge in [-0.3, -0.25) is 0 Å². The van der Waals surface area contributed by atoms with E-state index >= 15 is 0 Å². The first kappa shape index (κ1) is 12.3. The van der Waals surface area contributed by atoms with Crippen LogP contribution in [-0.2, 0) is 4.74 Å². The molecule has 1 saturated carbocycles. The van der Waals surface area contributed by atoms with E-state index in [2.05, 4.69) is 5.32 Å². The summed E-state index contributed by atoms with van der Waals surface area (Å²) in [6.07, 6.45) is 10.5. The summed E-state index contributed by atoms with van der Waals surface area (Å²) in [5.74, 6) is 0. The van der Waals surface area contributed by atoms with Crippen molar-refractivity contribution in [1.29, 1.82) is 0 Å². The first-order chi connectivity index (χ1) is 7.79. The predicted molar refractivity (Wildman–Crippen MR) is 66.5 cm³/mol. The van der Waals surface area contributed by atoms with Gasteiger partial charge in [0.1, 0.15) is 0 Å². The molecule has 0 bridgehead atoms. The molecule has 2 rings (SSSR count). The van der Waals surface area contributed by atoms with Crippen molar-refractivity contribution in [3.8, 4) is 0 Å². The molecule has 0 aromatic rings. The molecule has 1 atom stereocenters. The normalized spacial score (nSPS) is 30.2. The van der Waals surface area contributed by atoms with Gasteiger partial charge in [0.15, 0.2) is 0 Å². The van der Waals surface area contributed by atoms with Crippen LogP contribution in [-0.4, -0.2) is 31.3 Å². The second-order valence-corrected chi connectivity index (χ2v) is 5.54. The van der Waals surface area contributed by atoms with E-state index in [1.165, 1.54) is 51.4 Å². The first-order valence-corrected chi connectivity index (χ1v) is 6.90. The largest absolute Gasteiger partial charge is 0.377 e. The minimum atomic E-state index is 0.0624. The van der Waals surface area contributed by atoms with Gasteiger partial charge in [-0.1, -0.05) is 19.3 Å². The number of nitrogens with one attached hydrogen (secondary N) is 1. The molecular weight excluding hydrogens is 200 g/mol. The number of hydrogen-bond acceptors (Lipinski definition) is 3. The Balaban J connectivity index is 1.62. The third-order valence-electron chi connectivity index (χ3n) is 3.97. The molecule has 3 N–H and O–H groups in total. The van der Waals surface area contributed by atoms with Gasteiger partial charge in [0.05, 0.1) is 6.10 Å². The van der Waals surface area contributed by atoms with Crippen molar-refractivity contribution in [2.24, 2.45) is 5.73 Å².